The minimum Gasteiger partial charge on any atom is -0.421 e. The van der Waals surface area contributed by atoms with Crippen LogP contribution in [0.2, 0.25) is 5.02 Å². The molecule has 14 heavy (non-hydrogen) atoms. The minimum absolute atomic E-state index is 0.0126. The standard InChI is InChI=1S/C8H5ClN2O3/c9-4-1-2-6-5(3-4)7(12)11(14)8(13)10-6/h1-3,14H,(H,10,13). The summed E-state index contributed by atoms with van der Waals surface area (Å²) in [6, 6.07) is 4.42. The molecule has 1 aromatic heterocycles. The minimum atomic E-state index is -0.871. The molecule has 1 heterocycles. The molecule has 0 bridgehead atoms. The van der Waals surface area contributed by atoms with Gasteiger partial charge in [-0.2, -0.15) is 0 Å². The number of rotatable bonds is 0. The Bertz CT molecular complexity index is 614. The number of nitrogens with zero attached hydrogens (tertiary/aromatic N) is 1. The van der Waals surface area contributed by atoms with Gasteiger partial charge in [-0.1, -0.05) is 16.3 Å². The fourth-order valence-electron chi connectivity index (χ4n) is 1.18. The zero-order valence-electron chi connectivity index (χ0n) is 6.82. The maximum absolute atomic E-state index is 11.3. The van der Waals surface area contributed by atoms with Gasteiger partial charge in [-0.3, -0.25) is 4.79 Å². The molecule has 0 aliphatic rings. The molecule has 0 fully saturated rings. The van der Waals surface area contributed by atoms with Crippen LogP contribution in [-0.2, 0) is 0 Å². The number of halogens is 1. The van der Waals surface area contributed by atoms with Crippen molar-refractivity contribution in [2.45, 2.75) is 0 Å². The van der Waals surface area contributed by atoms with Crippen molar-refractivity contribution in [1.82, 2.24) is 9.71 Å². The van der Waals surface area contributed by atoms with Crippen LogP contribution in [0.3, 0.4) is 0 Å². The highest BCUT2D eigenvalue weighted by atomic mass is 35.5. The van der Waals surface area contributed by atoms with Crippen molar-refractivity contribution < 1.29 is 5.21 Å². The number of fused-ring (bicyclic) bond motifs is 1. The van der Waals surface area contributed by atoms with Gasteiger partial charge in [0, 0.05) is 5.02 Å². The molecule has 5 nitrogen and oxygen atoms in total. The summed E-state index contributed by atoms with van der Waals surface area (Å²) in [5, 5.41) is 9.54. The van der Waals surface area contributed by atoms with E-state index in [9.17, 15) is 9.59 Å². The molecule has 2 aromatic rings. The Morgan fingerprint density at radius 1 is 1.36 bits per heavy atom. The van der Waals surface area contributed by atoms with Gasteiger partial charge in [0.25, 0.3) is 5.56 Å². The summed E-state index contributed by atoms with van der Waals surface area (Å²) < 4.78 is 0.0126. The molecule has 2 N–H and O–H groups in total. The van der Waals surface area contributed by atoms with Crippen LogP contribution >= 0.6 is 11.6 Å². The van der Waals surface area contributed by atoms with E-state index < -0.39 is 11.2 Å². The largest absolute Gasteiger partial charge is 0.421 e. The number of hydrogen-bond acceptors (Lipinski definition) is 3. The summed E-state index contributed by atoms with van der Waals surface area (Å²) in [5.41, 5.74) is -1.31. The Kier molecular flexibility index (Phi) is 1.82. The predicted molar refractivity (Wildman–Crippen MR) is 51.0 cm³/mol. The third kappa shape index (κ3) is 1.18. The SMILES string of the molecule is O=c1[nH]c2ccc(Cl)cc2c(=O)n1O. The van der Waals surface area contributed by atoms with Crippen molar-refractivity contribution in [3.8, 4) is 0 Å². The van der Waals surface area contributed by atoms with E-state index in [1.165, 1.54) is 12.1 Å². The van der Waals surface area contributed by atoms with Gasteiger partial charge in [0.1, 0.15) is 0 Å². The van der Waals surface area contributed by atoms with Gasteiger partial charge in [0.05, 0.1) is 10.9 Å². The maximum atomic E-state index is 11.3. The van der Waals surface area contributed by atoms with Gasteiger partial charge in [0.2, 0.25) is 0 Å². The van der Waals surface area contributed by atoms with E-state index in [0.29, 0.717) is 10.5 Å². The van der Waals surface area contributed by atoms with Crippen molar-refractivity contribution in [2.75, 3.05) is 0 Å². The average molecular weight is 213 g/mol. The molecule has 0 radical (unpaired) electrons. The lowest BCUT2D eigenvalue weighted by atomic mass is 10.2. The Morgan fingerprint density at radius 3 is 2.79 bits per heavy atom. The van der Waals surface area contributed by atoms with E-state index in [0.717, 1.165) is 0 Å². The first-order valence-electron chi connectivity index (χ1n) is 3.73. The molecule has 6 heteroatoms. The molecule has 72 valence electrons. The Hall–Kier alpha value is -1.75. The van der Waals surface area contributed by atoms with Gasteiger partial charge < -0.3 is 10.2 Å². The van der Waals surface area contributed by atoms with Crippen LogP contribution in [-0.4, -0.2) is 14.9 Å². The molecular weight excluding hydrogens is 208 g/mol. The zero-order valence-corrected chi connectivity index (χ0v) is 7.58. The van der Waals surface area contributed by atoms with Crippen LogP contribution in [0.5, 0.6) is 0 Å². The van der Waals surface area contributed by atoms with Crippen LogP contribution in [0.25, 0.3) is 10.9 Å². The molecule has 0 unspecified atom stereocenters. The second-order valence-electron chi connectivity index (χ2n) is 2.74. The van der Waals surface area contributed by atoms with Crippen LogP contribution in [0, 0.1) is 0 Å². The highest BCUT2D eigenvalue weighted by molar-refractivity contribution is 6.31. The molecule has 0 atom stereocenters. The van der Waals surface area contributed by atoms with Crippen molar-refractivity contribution in [3.05, 3.63) is 44.1 Å². The quantitative estimate of drug-likeness (QED) is 0.628. The van der Waals surface area contributed by atoms with Crippen molar-refractivity contribution in [2.24, 2.45) is 0 Å². The smallest absolute Gasteiger partial charge is 0.362 e. The average Bonchev–Trinajstić information content (AvgIpc) is 2.16. The maximum Gasteiger partial charge on any atom is 0.362 e. The second kappa shape index (κ2) is 2.88. The zero-order chi connectivity index (χ0) is 10.3. The second-order valence-corrected chi connectivity index (χ2v) is 3.17. The topological polar surface area (TPSA) is 75.1 Å². The molecule has 2 rings (SSSR count). The van der Waals surface area contributed by atoms with E-state index in [-0.39, 0.29) is 10.1 Å². The molecule has 0 aliphatic carbocycles. The molecule has 1 aromatic carbocycles. The monoisotopic (exact) mass is 212 g/mol. The molecule has 0 spiro atoms. The molecule has 0 aliphatic heterocycles. The number of H-pyrrole nitrogens is 1. The van der Waals surface area contributed by atoms with Gasteiger partial charge in [-0.15, -0.1) is 0 Å². The molecule has 0 saturated heterocycles. The van der Waals surface area contributed by atoms with Crippen LogP contribution in [0.15, 0.2) is 27.8 Å². The lowest BCUT2D eigenvalue weighted by molar-refractivity contribution is 0.162. The van der Waals surface area contributed by atoms with Crippen molar-refractivity contribution >= 4 is 22.5 Å². The predicted octanol–water partition coefficient (Wildman–Crippen LogP) is 0.581. The lowest BCUT2D eigenvalue weighted by Gasteiger charge is -1.99. The first-order valence-corrected chi connectivity index (χ1v) is 4.11. The lowest BCUT2D eigenvalue weighted by Crippen LogP contribution is -2.33. The molecular formula is C8H5ClN2O3. The number of aromatic nitrogens is 2. The third-order valence-corrected chi connectivity index (χ3v) is 2.07. The van der Waals surface area contributed by atoms with E-state index in [1.54, 1.807) is 6.07 Å². The number of nitrogens with one attached hydrogen (secondary N) is 1. The van der Waals surface area contributed by atoms with Crippen LogP contribution < -0.4 is 11.2 Å². The summed E-state index contributed by atoms with van der Waals surface area (Å²) in [5.74, 6) is 0. The first-order chi connectivity index (χ1) is 6.59. The van der Waals surface area contributed by atoms with Crippen molar-refractivity contribution in [1.29, 1.82) is 0 Å². The highest BCUT2D eigenvalue weighted by Crippen LogP contribution is 2.12. The summed E-state index contributed by atoms with van der Waals surface area (Å²) in [6.45, 7) is 0. The highest BCUT2D eigenvalue weighted by Gasteiger charge is 2.05. The van der Waals surface area contributed by atoms with Crippen molar-refractivity contribution in [3.63, 3.8) is 0 Å². The van der Waals surface area contributed by atoms with E-state index >= 15 is 0 Å². The summed E-state index contributed by atoms with van der Waals surface area (Å²) in [6.07, 6.45) is 0. The van der Waals surface area contributed by atoms with Gasteiger partial charge in [-0.05, 0) is 18.2 Å². The summed E-state index contributed by atoms with van der Waals surface area (Å²) in [7, 11) is 0. The summed E-state index contributed by atoms with van der Waals surface area (Å²) in [4.78, 5) is 24.6. The summed E-state index contributed by atoms with van der Waals surface area (Å²) >= 11 is 5.66. The third-order valence-electron chi connectivity index (χ3n) is 1.84. The van der Waals surface area contributed by atoms with E-state index in [4.69, 9.17) is 16.8 Å². The normalized spacial score (nSPS) is 10.6. The van der Waals surface area contributed by atoms with Gasteiger partial charge in [0.15, 0.2) is 0 Å². The fourth-order valence-corrected chi connectivity index (χ4v) is 1.35. The number of benzene rings is 1. The number of aromatic amines is 1. The fraction of sp³-hybridized carbons (Fsp3) is 0. The van der Waals surface area contributed by atoms with E-state index in [2.05, 4.69) is 4.98 Å². The molecule has 0 amide bonds. The Morgan fingerprint density at radius 2 is 2.07 bits per heavy atom. The van der Waals surface area contributed by atoms with Crippen LogP contribution in [0.4, 0.5) is 0 Å². The van der Waals surface area contributed by atoms with Crippen LogP contribution in [0.1, 0.15) is 0 Å². The van der Waals surface area contributed by atoms with E-state index in [1.807, 2.05) is 0 Å². The van der Waals surface area contributed by atoms with Gasteiger partial charge >= 0.3 is 5.69 Å². The Balaban J connectivity index is 3.07. The number of hydrogen-bond donors (Lipinski definition) is 2. The van der Waals surface area contributed by atoms with Gasteiger partial charge in [-0.25, -0.2) is 4.79 Å². The molecule has 0 saturated carbocycles. The Labute approximate surface area is 82.1 Å². The first kappa shape index (κ1) is 8.83.